The molecule has 0 N–H and O–H groups in total. The Balaban J connectivity index is 1.44. The first-order valence-electron chi connectivity index (χ1n) is 16.1. The summed E-state index contributed by atoms with van der Waals surface area (Å²) < 4.78 is 28.8. The molecule has 0 radical (unpaired) electrons. The van der Waals surface area contributed by atoms with Gasteiger partial charge in [0.25, 0.3) is 0 Å². The van der Waals surface area contributed by atoms with Gasteiger partial charge in [0.2, 0.25) is 0 Å². The minimum Gasteiger partial charge on any atom is -0.456 e. The monoisotopic (exact) mass is 605 g/mol. The van der Waals surface area contributed by atoms with E-state index in [1.54, 1.807) is 0 Å². The maximum Gasteiger partial charge on any atom is 0.495 e. The Kier molecular flexibility index (Phi) is 5.47. The molecule has 0 spiro atoms. The first-order chi connectivity index (χ1) is 21.9. The van der Waals surface area contributed by atoms with E-state index in [-0.39, 0.29) is 5.41 Å². The van der Waals surface area contributed by atoms with Crippen molar-refractivity contribution >= 4 is 78.3 Å². The molecule has 46 heavy (non-hydrogen) atoms. The molecule has 1 fully saturated rings. The van der Waals surface area contributed by atoms with Crippen LogP contribution in [0.2, 0.25) is 0 Å². The zero-order valence-corrected chi connectivity index (χ0v) is 27.3. The number of hydrogen-bond donors (Lipinski definition) is 0. The van der Waals surface area contributed by atoms with E-state index in [1.165, 1.54) is 5.56 Å². The fourth-order valence-corrected chi connectivity index (χ4v) is 7.17. The minimum absolute atomic E-state index is 0.0210. The molecule has 1 aliphatic rings. The molecule has 0 amide bonds. The molecular weight excluding hydrogens is 569 g/mol. The van der Waals surface area contributed by atoms with Gasteiger partial charge >= 0.3 is 7.12 Å². The molecule has 1 aliphatic heterocycles. The highest BCUT2D eigenvalue weighted by Gasteiger charge is 2.52. The average Bonchev–Trinajstić information content (AvgIpc) is 3.72. The molecule has 0 bridgehead atoms. The second-order valence-corrected chi connectivity index (χ2v) is 14.8. The Hall–Kier alpha value is -4.52. The molecule has 0 unspecified atom stereocenters. The smallest absolute Gasteiger partial charge is 0.456 e. The lowest BCUT2D eigenvalue weighted by atomic mass is 9.75. The van der Waals surface area contributed by atoms with E-state index in [1.807, 2.05) is 24.3 Å². The summed E-state index contributed by atoms with van der Waals surface area (Å²) in [5.41, 5.74) is 7.93. The summed E-state index contributed by atoms with van der Waals surface area (Å²) in [5.74, 6) is 0. The fraction of sp³-hybridized carbons (Fsp3) is 0.250. The van der Waals surface area contributed by atoms with Gasteiger partial charge in [0.05, 0.1) is 27.6 Å². The van der Waals surface area contributed by atoms with Gasteiger partial charge in [-0.1, -0.05) is 63.2 Å². The van der Waals surface area contributed by atoms with Crippen molar-refractivity contribution in [2.45, 2.75) is 65.1 Å². The van der Waals surface area contributed by atoms with Gasteiger partial charge in [-0.25, -0.2) is 0 Å². The Bertz CT molecular complexity index is 2520. The van der Waals surface area contributed by atoms with Crippen LogP contribution in [0.4, 0.5) is 0 Å². The van der Waals surface area contributed by atoms with Gasteiger partial charge in [0.15, 0.2) is 0 Å². The molecule has 1 saturated heterocycles. The van der Waals surface area contributed by atoms with E-state index < -0.39 is 18.3 Å². The predicted octanol–water partition coefficient (Wildman–Crippen LogP) is 10.2. The number of nitrogens with zero attached hydrogens (tertiary/aromatic N) is 1. The number of aromatic nitrogens is 1. The van der Waals surface area contributed by atoms with Crippen molar-refractivity contribution in [3.63, 3.8) is 0 Å². The third-order valence-corrected chi connectivity index (χ3v) is 10.4. The van der Waals surface area contributed by atoms with E-state index in [2.05, 4.69) is 120 Å². The number of fused-ring (bicyclic) bond motifs is 10. The van der Waals surface area contributed by atoms with E-state index in [9.17, 15) is 0 Å². The van der Waals surface area contributed by atoms with Crippen molar-refractivity contribution in [3.8, 4) is 5.69 Å². The highest BCUT2D eigenvalue weighted by atomic mass is 16.7. The molecule has 4 heterocycles. The lowest BCUT2D eigenvalue weighted by Crippen LogP contribution is -2.41. The Morgan fingerprint density at radius 1 is 0.587 bits per heavy atom. The predicted molar refractivity (Wildman–Crippen MR) is 190 cm³/mol. The van der Waals surface area contributed by atoms with Crippen LogP contribution < -0.4 is 5.46 Å². The second-order valence-electron chi connectivity index (χ2n) is 14.8. The quantitative estimate of drug-likeness (QED) is 0.184. The van der Waals surface area contributed by atoms with Crippen LogP contribution in [0.15, 0.2) is 99.8 Å². The van der Waals surface area contributed by atoms with Crippen LogP contribution in [0.3, 0.4) is 0 Å². The van der Waals surface area contributed by atoms with Gasteiger partial charge in [-0.2, -0.15) is 0 Å². The van der Waals surface area contributed by atoms with Crippen LogP contribution in [-0.2, 0) is 14.7 Å². The molecule has 0 aliphatic carbocycles. The SMILES string of the molecule is CC(C)(C)c1ccc2c(c1)c1c3oc4ccccc4c3c(B3OC(C)(C)C(C)(C)O3)cc1n2-c1ccc2oc3ccccc3c2c1. The summed E-state index contributed by atoms with van der Waals surface area (Å²) >= 11 is 0. The largest absolute Gasteiger partial charge is 0.495 e. The van der Waals surface area contributed by atoms with Gasteiger partial charge in [0.1, 0.15) is 22.3 Å². The number of para-hydroxylation sites is 2. The van der Waals surface area contributed by atoms with Crippen molar-refractivity contribution in [3.05, 3.63) is 96.6 Å². The molecule has 3 aromatic heterocycles. The minimum atomic E-state index is -0.560. The fourth-order valence-electron chi connectivity index (χ4n) is 7.17. The molecule has 9 rings (SSSR count). The molecule has 0 saturated carbocycles. The normalized spacial score (nSPS) is 16.7. The third kappa shape index (κ3) is 3.77. The number of furan rings is 2. The summed E-state index contributed by atoms with van der Waals surface area (Å²) in [7, 11) is -0.560. The van der Waals surface area contributed by atoms with Crippen LogP contribution in [-0.4, -0.2) is 22.9 Å². The van der Waals surface area contributed by atoms with E-state index >= 15 is 0 Å². The van der Waals surface area contributed by atoms with Gasteiger partial charge in [-0.3, -0.25) is 0 Å². The summed E-state index contributed by atoms with van der Waals surface area (Å²) in [4.78, 5) is 0. The van der Waals surface area contributed by atoms with E-state index in [4.69, 9.17) is 18.1 Å². The van der Waals surface area contributed by atoms with E-state index in [0.717, 1.165) is 76.8 Å². The van der Waals surface area contributed by atoms with Crippen LogP contribution in [0.1, 0.15) is 54.0 Å². The van der Waals surface area contributed by atoms with Gasteiger partial charge in [0, 0.05) is 32.6 Å². The lowest BCUT2D eigenvalue weighted by Gasteiger charge is -2.32. The van der Waals surface area contributed by atoms with Crippen LogP contribution in [0, 0.1) is 0 Å². The molecule has 8 aromatic rings. The Morgan fingerprint density at radius 2 is 1.24 bits per heavy atom. The van der Waals surface area contributed by atoms with Gasteiger partial charge < -0.3 is 22.7 Å². The summed E-state index contributed by atoms with van der Waals surface area (Å²) in [6, 6.07) is 32.1. The van der Waals surface area contributed by atoms with Gasteiger partial charge in [-0.15, -0.1) is 0 Å². The molecule has 5 aromatic carbocycles. The molecule has 0 atom stereocenters. The van der Waals surface area contributed by atoms with Gasteiger partial charge in [-0.05, 0) is 92.7 Å². The molecule has 5 nitrogen and oxygen atoms in total. The number of rotatable bonds is 2. The maximum atomic E-state index is 6.83. The van der Waals surface area contributed by atoms with Crippen molar-refractivity contribution in [1.29, 1.82) is 0 Å². The molecule has 228 valence electrons. The Labute approximate surface area is 267 Å². The third-order valence-electron chi connectivity index (χ3n) is 10.4. The highest BCUT2D eigenvalue weighted by Crippen LogP contribution is 2.44. The lowest BCUT2D eigenvalue weighted by molar-refractivity contribution is 0.00578. The first kappa shape index (κ1) is 27.8. The van der Waals surface area contributed by atoms with Crippen molar-refractivity contribution < 1.29 is 18.1 Å². The summed E-state index contributed by atoms with van der Waals surface area (Å²) in [5, 5.41) is 6.54. The van der Waals surface area contributed by atoms with Crippen LogP contribution in [0.5, 0.6) is 0 Å². The maximum absolute atomic E-state index is 6.83. The van der Waals surface area contributed by atoms with Crippen molar-refractivity contribution in [2.24, 2.45) is 0 Å². The van der Waals surface area contributed by atoms with Crippen molar-refractivity contribution in [2.75, 3.05) is 0 Å². The highest BCUT2D eigenvalue weighted by molar-refractivity contribution is 6.66. The number of hydrogen-bond acceptors (Lipinski definition) is 4. The Morgan fingerprint density at radius 3 is 1.96 bits per heavy atom. The molecule has 6 heteroatoms. The topological polar surface area (TPSA) is 49.7 Å². The summed E-state index contributed by atoms with van der Waals surface area (Å²) in [6.07, 6.45) is 0. The zero-order chi connectivity index (χ0) is 31.7. The second kappa shape index (κ2) is 9.06. The van der Waals surface area contributed by atoms with E-state index in [0.29, 0.717) is 0 Å². The first-order valence-corrected chi connectivity index (χ1v) is 16.1. The number of benzene rings is 5. The van der Waals surface area contributed by atoms with Crippen LogP contribution >= 0.6 is 0 Å². The zero-order valence-electron chi connectivity index (χ0n) is 27.3. The van der Waals surface area contributed by atoms with Crippen molar-refractivity contribution in [1.82, 2.24) is 4.57 Å². The molecular formula is C40H36BNO4. The van der Waals surface area contributed by atoms with Crippen LogP contribution in [0.25, 0.3) is 71.4 Å². The summed E-state index contributed by atoms with van der Waals surface area (Å²) in [6.45, 7) is 15.2. The average molecular weight is 606 g/mol. The standard InChI is InChI=1S/C40H36BNO4/c1-38(2,3)23-16-18-30-28(20-23)36-31(42(30)24-17-19-34-27(21-24)25-12-8-10-14-32(25)43-34)22-29(41-45-39(4,5)40(6,7)46-41)35-26-13-9-11-15-33(26)44-37(35)36/h8-22H,1-7H3.